The molecule has 146 valence electrons. The topological polar surface area (TPSA) is 86.5 Å². The number of aromatic nitrogens is 2. The number of para-hydroxylation sites is 1. The first kappa shape index (κ1) is 19.4. The van der Waals surface area contributed by atoms with Crippen LogP contribution in [-0.2, 0) is 6.61 Å². The molecule has 1 atom stereocenters. The van der Waals surface area contributed by atoms with Gasteiger partial charge in [-0.25, -0.2) is 0 Å². The second-order valence-corrected chi connectivity index (χ2v) is 6.22. The van der Waals surface area contributed by atoms with Crippen molar-refractivity contribution in [2.45, 2.75) is 32.9 Å². The summed E-state index contributed by atoms with van der Waals surface area (Å²) >= 11 is 0. The summed E-state index contributed by atoms with van der Waals surface area (Å²) in [6.45, 7) is 3.86. The van der Waals surface area contributed by atoms with Gasteiger partial charge in [0.1, 0.15) is 11.5 Å². The van der Waals surface area contributed by atoms with Crippen LogP contribution in [0.5, 0.6) is 11.5 Å². The Labute approximate surface area is 163 Å². The number of carbonyl (C=O) groups excluding carboxylic acids is 1. The van der Waals surface area contributed by atoms with Crippen molar-refractivity contribution in [3.05, 3.63) is 71.4 Å². The Hall–Kier alpha value is -3.35. The zero-order valence-electron chi connectivity index (χ0n) is 16.1. The van der Waals surface area contributed by atoms with Gasteiger partial charge >= 0.3 is 0 Å². The summed E-state index contributed by atoms with van der Waals surface area (Å²) in [7, 11) is 1.63. The number of carbonyl (C=O) groups is 1. The third kappa shape index (κ3) is 4.68. The molecule has 28 heavy (non-hydrogen) atoms. The molecule has 2 aromatic carbocycles. The summed E-state index contributed by atoms with van der Waals surface area (Å²) in [4.78, 5) is 17.0. The van der Waals surface area contributed by atoms with E-state index in [1.807, 2.05) is 37.3 Å². The lowest BCUT2D eigenvalue weighted by atomic mass is 10.0. The minimum Gasteiger partial charge on any atom is -0.497 e. The predicted molar refractivity (Wildman–Crippen MR) is 103 cm³/mol. The highest BCUT2D eigenvalue weighted by molar-refractivity contribution is 5.97. The van der Waals surface area contributed by atoms with Gasteiger partial charge in [0, 0.05) is 6.92 Å². The first-order chi connectivity index (χ1) is 13.6. The highest BCUT2D eigenvalue weighted by atomic mass is 16.5. The van der Waals surface area contributed by atoms with Crippen LogP contribution < -0.4 is 14.8 Å². The highest BCUT2D eigenvalue weighted by Gasteiger charge is 2.18. The van der Waals surface area contributed by atoms with Crippen LogP contribution in [-0.4, -0.2) is 23.2 Å². The predicted octanol–water partition coefficient (Wildman–Crippen LogP) is 3.85. The fourth-order valence-corrected chi connectivity index (χ4v) is 2.82. The zero-order valence-corrected chi connectivity index (χ0v) is 16.1. The largest absolute Gasteiger partial charge is 0.497 e. The van der Waals surface area contributed by atoms with E-state index in [0.29, 0.717) is 23.0 Å². The molecule has 7 nitrogen and oxygen atoms in total. The summed E-state index contributed by atoms with van der Waals surface area (Å²) in [6.07, 6.45) is 0.753. The van der Waals surface area contributed by atoms with Crippen molar-refractivity contribution in [1.29, 1.82) is 0 Å². The number of hydrogen-bond donors (Lipinski definition) is 1. The molecule has 0 aliphatic rings. The molecule has 1 amide bonds. The Kier molecular flexibility index (Phi) is 6.26. The fraction of sp³-hybridized carbons (Fsp3) is 0.286. The summed E-state index contributed by atoms with van der Waals surface area (Å²) in [5.41, 5.74) is 1.46. The second kappa shape index (κ2) is 9.03. The van der Waals surface area contributed by atoms with E-state index in [4.69, 9.17) is 14.0 Å². The Balaban J connectivity index is 1.71. The number of methoxy groups -OCH3 is 1. The Morgan fingerprint density at radius 1 is 1.18 bits per heavy atom. The maximum atomic E-state index is 12.9. The zero-order chi connectivity index (χ0) is 19.9. The number of nitrogens with zero attached hydrogens (tertiary/aromatic N) is 2. The first-order valence-corrected chi connectivity index (χ1v) is 9.06. The molecule has 1 N–H and O–H groups in total. The molecule has 0 spiro atoms. The number of rotatable bonds is 8. The molecule has 0 aliphatic heterocycles. The normalized spacial score (nSPS) is 11.7. The summed E-state index contributed by atoms with van der Waals surface area (Å²) in [6, 6.07) is 14.6. The van der Waals surface area contributed by atoms with Crippen molar-refractivity contribution in [2.24, 2.45) is 0 Å². The molecule has 0 saturated carbocycles. The Bertz CT molecular complexity index is 921. The van der Waals surface area contributed by atoms with Gasteiger partial charge < -0.3 is 19.3 Å². The highest BCUT2D eigenvalue weighted by Crippen LogP contribution is 2.23. The third-order valence-electron chi connectivity index (χ3n) is 4.29. The van der Waals surface area contributed by atoms with E-state index in [9.17, 15) is 4.79 Å². The summed E-state index contributed by atoms with van der Waals surface area (Å²) < 4.78 is 15.9. The number of hydrogen-bond acceptors (Lipinski definition) is 6. The van der Waals surface area contributed by atoms with Gasteiger partial charge in [-0.2, -0.15) is 4.98 Å². The number of amides is 1. The minimum absolute atomic E-state index is 0.119. The van der Waals surface area contributed by atoms with Gasteiger partial charge in [0.05, 0.1) is 18.7 Å². The van der Waals surface area contributed by atoms with Crippen molar-refractivity contribution in [3.8, 4) is 11.5 Å². The fourth-order valence-electron chi connectivity index (χ4n) is 2.82. The minimum atomic E-state index is -0.206. The van der Waals surface area contributed by atoms with E-state index < -0.39 is 0 Å². The molecular weight excluding hydrogens is 358 g/mol. The van der Waals surface area contributed by atoms with Crippen LogP contribution in [0.3, 0.4) is 0 Å². The second-order valence-electron chi connectivity index (χ2n) is 6.22. The van der Waals surface area contributed by atoms with E-state index in [-0.39, 0.29) is 18.6 Å². The van der Waals surface area contributed by atoms with Gasteiger partial charge in [-0.1, -0.05) is 36.3 Å². The molecule has 7 heteroatoms. The standard InChI is InChI=1S/C21H23N3O4/c1-4-18(15-9-11-16(26-3)12-10-15)23-21(25)17-7-5-6-8-19(17)27-13-20-22-14(2)28-24-20/h5-12,18H,4,13H2,1-3H3,(H,23,25). The van der Waals surface area contributed by atoms with E-state index >= 15 is 0 Å². The number of nitrogens with one attached hydrogen (secondary N) is 1. The van der Waals surface area contributed by atoms with Crippen molar-refractivity contribution in [3.63, 3.8) is 0 Å². The first-order valence-electron chi connectivity index (χ1n) is 9.06. The van der Waals surface area contributed by atoms with Gasteiger partial charge in [-0.3, -0.25) is 4.79 Å². The van der Waals surface area contributed by atoms with Crippen LogP contribution in [0.1, 0.15) is 47.0 Å². The molecule has 0 radical (unpaired) electrons. The molecule has 0 saturated heterocycles. The van der Waals surface area contributed by atoms with Gasteiger partial charge in [-0.15, -0.1) is 0 Å². The van der Waals surface area contributed by atoms with Crippen molar-refractivity contribution < 1.29 is 18.8 Å². The van der Waals surface area contributed by atoms with Gasteiger partial charge in [0.15, 0.2) is 6.61 Å². The van der Waals surface area contributed by atoms with E-state index in [0.717, 1.165) is 17.7 Å². The van der Waals surface area contributed by atoms with E-state index in [2.05, 4.69) is 15.5 Å². The number of benzene rings is 2. The lowest BCUT2D eigenvalue weighted by molar-refractivity contribution is 0.0931. The van der Waals surface area contributed by atoms with Crippen LogP contribution in [0.2, 0.25) is 0 Å². The van der Waals surface area contributed by atoms with Crippen LogP contribution in [0, 0.1) is 6.92 Å². The monoisotopic (exact) mass is 381 g/mol. The maximum absolute atomic E-state index is 12.9. The van der Waals surface area contributed by atoms with Gasteiger partial charge in [-0.05, 0) is 36.2 Å². The molecular formula is C21H23N3O4. The summed E-state index contributed by atoms with van der Waals surface area (Å²) in [5, 5.41) is 6.87. The molecule has 1 aromatic heterocycles. The van der Waals surface area contributed by atoms with Crippen LogP contribution in [0.25, 0.3) is 0 Å². The Morgan fingerprint density at radius 2 is 1.93 bits per heavy atom. The van der Waals surface area contributed by atoms with Gasteiger partial charge in [0.2, 0.25) is 11.7 Å². The quantitative estimate of drug-likeness (QED) is 0.638. The Morgan fingerprint density at radius 3 is 2.57 bits per heavy atom. The molecule has 1 unspecified atom stereocenters. The average molecular weight is 381 g/mol. The van der Waals surface area contributed by atoms with Crippen molar-refractivity contribution in [2.75, 3.05) is 7.11 Å². The number of aryl methyl sites for hydroxylation is 1. The van der Waals surface area contributed by atoms with Crippen LogP contribution >= 0.6 is 0 Å². The molecule has 3 aromatic rings. The molecule has 1 heterocycles. The van der Waals surface area contributed by atoms with E-state index in [1.54, 1.807) is 32.2 Å². The third-order valence-corrected chi connectivity index (χ3v) is 4.29. The summed E-state index contributed by atoms with van der Waals surface area (Å²) in [5.74, 6) is 1.93. The van der Waals surface area contributed by atoms with E-state index in [1.165, 1.54) is 0 Å². The molecule has 3 rings (SSSR count). The van der Waals surface area contributed by atoms with Crippen molar-refractivity contribution >= 4 is 5.91 Å². The number of ether oxygens (including phenoxy) is 2. The lowest BCUT2D eigenvalue weighted by Gasteiger charge is -2.19. The smallest absolute Gasteiger partial charge is 0.255 e. The van der Waals surface area contributed by atoms with Crippen LogP contribution in [0.4, 0.5) is 0 Å². The molecule has 0 bridgehead atoms. The van der Waals surface area contributed by atoms with Gasteiger partial charge in [0.25, 0.3) is 5.91 Å². The maximum Gasteiger partial charge on any atom is 0.255 e. The SMILES string of the molecule is CCC(NC(=O)c1ccccc1OCc1noc(C)n1)c1ccc(OC)cc1. The van der Waals surface area contributed by atoms with Crippen molar-refractivity contribution in [1.82, 2.24) is 15.5 Å². The average Bonchev–Trinajstić information content (AvgIpc) is 3.15. The molecule has 0 aliphatic carbocycles. The lowest BCUT2D eigenvalue weighted by Crippen LogP contribution is -2.28. The van der Waals surface area contributed by atoms with Crippen LogP contribution in [0.15, 0.2) is 53.1 Å². The molecule has 0 fully saturated rings.